The van der Waals surface area contributed by atoms with Gasteiger partial charge < -0.3 is 15.1 Å². The number of carbonyl (C=O) groups is 1. The highest BCUT2D eigenvalue weighted by Gasteiger charge is 2.20. The first-order chi connectivity index (χ1) is 11.8. The molecule has 3 rings (SSSR count). The second kappa shape index (κ2) is 7.81. The topological polar surface area (TPSA) is 48.5 Å². The lowest BCUT2D eigenvalue weighted by molar-refractivity contribution is 0.0955. The van der Waals surface area contributed by atoms with E-state index in [1.165, 1.54) is 12.8 Å². The van der Waals surface area contributed by atoms with Gasteiger partial charge in [0.1, 0.15) is 5.82 Å². The molecule has 1 fully saturated rings. The molecule has 2 heterocycles. The van der Waals surface area contributed by atoms with Crippen LogP contribution < -0.4 is 15.1 Å². The molecule has 1 N–H and O–H groups in total. The summed E-state index contributed by atoms with van der Waals surface area (Å²) in [6, 6.07) is 13.8. The standard InChI is InChI=1S/C19H24N4O/c1-22(16-8-3-2-4-9-16)15-12-21-19(24)17-10-7-11-20-18(17)23-13-5-6-14-23/h2-4,7-11H,5-6,12-15H2,1H3,(H,21,24). The fraction of sp³-hybridized carbons (Fsp3) is 0.368. The number of anilines is 2. The van der Waals surface area contributed by atoms with Crippen LogP contribution in [0.1, 0.15) is 23.2 Å². The first-order valence-electron chi connectivity index (χ1n) is 8.50. The zero-order chi connectivity index (χ0) is 16.8. The highest BCUT2D eigenvalue weighted by molar-refractivity contribution is 5.98. The van der Waals surface area contributed by atoms with Gasteiger partial charge in [0, 0.05) is 45.1 Å². The SMILES string of the molecule is CN(CCNC(=O)c1cccnc1N1CCCC1)c1ccccc1. The molecule has 24 heavy (non-hydrogen) atoms. The van der Waals surface area contributed by atoms with E-state index in [4.69, 9.17) is 0 Å². The van der Waals surface area contributed by atoms with Crippen molar-refractivity contribution in [2.24, 2.45) is 0 Å². The largest absolute Gasteiger partial charge is 0.373 e. The normalized spacial score (nSPS) is 13.8. The molecule has 0 atom stereocenters. The van der Waals surface area contributed by atoms with Crippen LogP contribution in [0.4, 0.5) is 11.5 Å². The van der Waals surface area contributed by atoms with E-state index < -0.39 is 0 Å². The first kappa shape index (κ1) is 16.3. The van der Waals surface area contributed by atoms with Crippen molar-refractivity contribution in [1.82, 2.24) is 10.3 Å². The minimum atomic E-state index is -0.0496. The van der Waals surface area contributed by atoms with Gasteiger partial charge in [0.15, 0.2) is 0 Å². The number of pyridine rings is 1. The van der Waals surface area contributed by atoms with Crippen molar-refractivity contribution in [2.75, 3.05) is 43.0 Å². The predicted molar refractivity (Wildman–Crippen MR) is 97.7 cm³/mol. The molecule has 0 radical (unpaired) electrons. The van der Waals surface area contributed by atoms with E-state index in [9.17, 15) is 4.79 Å². The third-order valence-electron chi connectivity index (χ3n) is 4.37. The van der Waals surface area contributed by atoms with Gasteiger partial charge in [0.05, 0.1) is 5.56 Å². The third kappa shape index (κ3) is 3.85. The van der Waals surface area contributed by atoms with Crippen LogP contribution in [0.5, 0.6) is 0 Å². The van der Waals surface area contributed by atoms with E-state index in [2.05, 4.69) is 32.2 Å². The second-order valence-electron chi connectivity index (χ2n) is 6.08. The summed E-state index contributed by atoms with van der Waals surface area (Å²) in [4.78, 5) is 21.3. The predicted octanol–water partition coefficient (Wildman–Crippen LogP) is 2.55. The Bertz CT molecular complexity index is 668. The highest BCUT2D eigenvalue weighted by Crippen LogP contribution is 2.21. The molecule has 5 nitrogen and oxygen atoms in total. The van der Waals surface area contributed by atoms with Gasteiger partial charge in [0.25, 0.3) is 5.91 Å². The van der Waals surface area contributed by atoms with E-state index in [0.717, 1.165) is 31.1 Å². The lowest BCUT2D eigenvalue weighted by atomic mass is 10.2. The van der Waals surface area contributed by atoms with Gasteiger partial charge in [-0.05, 0) is 37.1 Å². The number of hydrogen-bond donors (Lipinski definition) is 1. The molecular weight excluding hydrogens is 300 g/mol. The Morgan fingerprint density at radius 3 is 2.67 bits per heavy atom. The van der Waals surface area contributed by atoms with Gasteiger partial charge >= 0.3 is 0 Å². The van der Waals surface area contributed by atoms with Crippen molar-refractivity contribution in [3.05, 3.63) is 54.2 Å². The summed E-state index contributed by atoms with van der Waals surface area (Å²) in [6.07, 6.45) is 4.09. The zero-order valence-electron chi connectivity index (χ0n) is 14.1. The number of amides is 1. The van der Waals surface area contributed by atoms with Gasteiger partial charge in [-0.3, -0.25) is 4.79 Å². The Labute approximate surface area is 143 Å². The van der Waals surface area contributed by atoms with E-state index in [0.29, 0.717) is 12.1 Å². The van der Waals surface area contributed by atoms with Crippen LogP contribution in [-0.2, 0) is 0 Å². The number of benzene rings is 1. The molecule has 0 bridgehead atoms. The average Bonchev–Trinajstić information content (AvgIpc) is 3.17. The molecule has 0 spiro atoms. The van der Waals surface area contributed by atoms with Crippen LogP contribution >= 0.6 is 0 Å². The average molecular weight is 324 g/mol. The van der Waals surface area contributed by atoms with E-state index in [-0.39, 0.29) is 5.91 Å². The van der Waals surface area contributed by atoms with E-state index in [1.807, 2.05) is 37.4 Å². The number of para-hydroxylation sites is 1. The maximum Gasteiger partial charge on any atom is 0.255 e. The first-order valence-corrected chi connectivity index (χ1v) is 8.50. The van der Waals surface area contributed by atoms with Gasteiger partial charge in [-0.15, -0.1) is 0 Å². The molecule has 1 aliphatic heterocycles. The fourth-order valence-electron chi connectivity index (χ4n) is 3.00. The van der Waals surface area contributed by atoms with Gasteiger partial charge in [0.2, 0.25) is 0 Å². The fourth-order valence-corrected chi connectivity index (χ4v) is 3.00. The lowest BCUT2D eigenvalue weighted by Gasteiger charge is -2.21. The summed E-state index contributed by atoms with van der Waals surface area (Å²) in [7, 11) is 2.03. The van der Waals surface area contributed by atoms with E-state index >= 15 is 0 Å². The molecule has 1 amide bonds. The minimum Gasteiger partial charge on any atom is -0.373 e. The summed E-state index contributed by atoms with van der Waals surface area (Å²) in [5.74, 6) is 0.760. The zero-order valence-corrected chi connectivity index (χ0v) is 14.1. The molecule has 0 saturated carbocycles. The van der Waals surface area contributed by atoms with Crippen LogP contribution in [0.3, 0.4) is 0 Å². The van der Waals surface area contributed by atoms with Gasteiger partial charge in [-0.1, -0.05) is 18.2 Å². The maximum atomic E-state index is 12.5. The number of aromatic nitrogens is 1. The second-order valence-corrected chi connectivity index (χ2v) is 6.08. The number of nitrogens with one attached hydrogen (secondary N) is 1. The van der Waals surface area contributed by atoms with Crippen LogP contribution in [0.25, 0.3) is 0 Å². The summed E-state index contributed by atoms with van der Waals surface area (Å²) < 4.78 is 0. The van der Waals surface area contributed by atoms with Crippen molar-refractivity contribution in [3.8, 4) is 0 Å². The molecule has 1 aromatic carbocycles. The Hall–Kier alpha value is -2.56. The van der Waals surface area contributed by atoms with Crippen molar-refractivity contribution in [1.29, 1.82) is 0 Å². The minimum absolute atomic E-state index is 0.0496. The van der Waals surface area contributed by atoms with Crippen molar-refractivity contribution >= 4 is 17.4 Å². The number of rotatable bonds is 6. The number of likely N-dealkylation sites (N-methyl/N-ethyl adjacent to an activating group) is 1. The van der Waals surface area contributed by atoms with Crippen LogP contribution in [0.2, 0.25) is 0 Å². The Balaban J connectivity index is 1.57. The Morgan fingerprint density at radius 1 is 1.17 bits per heavy atom. The summed E-state index contributed by atoms with van der Waals surface area (Å²) in [5.41, 5.74) is 1.81. The molecule has 0 unspecified atom stereocenters. The molecule has 0 aliphatic carbocycles. The molecule has 1 aromatic heterocycles. The molecule has 5 heteroatoms. The molecule has 126 valence electrons. The quantitative estimate of drug-likeness (QED) is 0.887. The Morgan fingerprint density at radius 2 is 1.92 bits per heavy atom. The van der Waals surface area contributed by atoms with E-state index in [1.54, 1.807) is 6.20 Å². The summed E-state index contributed by atoms with van der Waals surface area (Å²) in [6.45, 7) is 3.32. The number of carbonyl (C=O) groups excluding carboxylic acids is 1. The van der Waals surface area contributed by atoms with Gasteiger partial charge in [-0.2, -0.15) is 0 Å². The van der Waals surface area contributed by atoms with Crippen LogP contribution in [0, 0.1) is 0 Å². The monoisotopic (exact) mass is 324 g/mol. The van der Waals surface area contributed by atoms with Crippen molar-refractivity contribution in [3.63, 3.8) is 0 Å². The highest BCUT2D eigenvalue weighted by atomic mass is 16.1. The number of hydrogen-bond acceptors (Lipinski definition) is 4. The number of nitrogens with zero attached hydrogens (tertiary/aromatic N) is 3. The summed E-state index contributed by atoms with van der Waals surface area (Å²) in [5, 5.41) is 3.02. The maximum absolute atomic E-state index is 12.5. The molecular formula is C19H24N4O. The van der Waals surface area contributed by atoms with Crippen LogP contribution in [-0.4, -0.2) is 44.1 Å². The van der Waals surface area contributed by atoms with Crippen molar-refractivity contribution in [2.45, 2.75) is 12.8 Å². The van der Waals surface area contributed by atoms with Gasteiger partial charge in [-0.25, -0.2) is 4.98 Å². The molecule has 1 aliphatic rings. The summed E-state index contributed by atoms with van der Waals surface area (Å²) >= 11 is 0. The molecule has 1 saturated heterocycles. The molecule has 2 aromatic rings. The smallest absolute Gasteiger partial charge is 0.255 e. The Kier molecular flexibility index (Phi) is 5.31. The van der Waals surface area contributed by atoms with Crippen LogP contribution in [0.15, 0.2) is 48.7 Å². The van der Waals surface area contributed by atoms with Crippen molar-refractivity contribution < 1.29 is 4.79 Å². The lowest BCUT2D eigenvalue weighted by Crippen LogP contribution is -2.34. The third-order valence-corrected chi connectivity index (χ3v) is 4.37.